The topological polar surface area (TPSA) is 74.3 Å². The molecule has 9 heteroatoms. The van der Waals surface area contributed by atoms with E-state index in [1.54, 1.807) is 43.6 Å². The second-order valence-corrected chi connectivity index (χ2v) is 6.09. The van der Waals surface area contributed by atoms with Crippen LogP contribution in [0.5, 0.6) is 5.88 Å². The molecule has 0 bridgehead atoms. The third-order valence-corrected chi connectivity index (χ3v) is 4.46. The molecule has 0 saturated heterocycles. The maximum Gasteiger partial charge on any atom is 0.388 e. The number of ether oxygens (including phenoxy) is 1. The highest BCUT2D eigenvalue weighted by atomic mass is 19.3. The lowest BCUT2D eigenvalue weighted by Gasteiger charge is -2.07. The lowest BCUT2D eigenvalue weighted by Crippen LogP contribution is -2.28. The molecule has 0 unspecified atom stereocenters. The van der Waals surface area contributed by atoms with E-state index in [9.17, 15) is 13.6 Å². The van der Waals surface area contributed by atoms with Crippen LogP contribution in [0.3, 0.4) is 0 Å². The van der Waals surface area contributed by atoms with E-state index in [1.165, 1.54) is 21.3 Å². The van der Waals surface area contributed by atoms with Crippen molar-refractivity contribution in [3.8, 4) is 22.8 Å². The third-order valence-electron chi connectivity index (χ3n) is 4.46. The van der Waals surface area contributed by atoms with Crippen molar-refractivity contribution in [1.29, 1.82) is 0 Å². The van der Waals surface area contributed by atoms with Crippen LogP contribution in [0.15, 0.2) is 53.7 Å². The van der Waals surface area contributed by atoms with E-state index in [0.29, 0.717) is 22.6 Å². The molecule has 0 atom stereocenters. The van der Waals surface area contributed by atoms with Gasteiger partial charge in [0.25, 0.3) is 0 Å². The molecule has 0 fully saturated rings. The largest absolute Gasteiger partial charge is 0.417 e. The molecule has 0 aliphatic heterocycles. The van der Waals surface area contributed by atoms with Crippen molar-refractivity contribution < 1.29 is 13.5 Å². The van der Waals surface area contributed by atoms with E-state index in [-0.39, 0.29) is 11.6 Å². The Morgan fingerprint density at radius 1 is 1.11 bits per heavy atom. The highest BCUT2D eigenvalue weighted by molar-refractivity contribution is 5.79. The van der Waals surface area contributed by atoms with Crippen LogP contribution in [-0.4, -0.2) is 30.8 Å². The Bertz CT molecular complexity index is 1220. The second-order valence-electron chi connectivity index (χ2n) is 6.09. The van der Waals surface area contributed by atoms with Crippen molar-refractivity contribution in [3.05, 3.63) is 70.7 Å². The van der Waals surface area contributed by atoms with E-state index in [4.69, 9.17) is 0 Å². The summed E-state index contributed by atoms with van der Waals surface area (Å²) in [4.78, 5) is 21.0. The van der Waals surface area contributed by atoms with Crippen molar-refractivity contribution in [2.75, 3.05) is 0 Å². The summed E-state index contributed by atoms with van der Waals surface area (Å²) in [7, 11) is 0. The van der Waals surface area contributed by atoms with Gasteiger partial charge in [0.05, 0.1) is 11.7 Å². The zero-order valence-electron chi connectivity index (χ0n) is 15.0. The minimum absolute atomic E-state index is 0.189. The van der Waals surface area contributed by atoms with E-state index in [2.05, 4.69) is 19.8 Å². The summed E-state index contributed by atoms with van der Waals surface area (Å²) in [6, 6.07) is 8.30. The number of alkyl halides is 2. The number of pyridine rings is 2. The van der Waals surface area contributed by atoms with Crippen molar-refractivity contribution in [3.63, 3.8) is 0 Å². The van der Waals surface area contributed by atoms with Crippen molar-refractivity contribution in [2.24, 2.45) is 0 Å². The molecular weight excluding hydrogens is 368 g/mol. The SMILES string of the molecule is Cc1c(-c2ccnc(OC(F)F)c2)c(C)n2c(=O)n(-c3ccccn3)ncc12. The smallest absolute Gasteiger partial charge is 0.388 e. The summed E-state index contributed by atoms with van der Waals surface area (Å²) in [6.45, 7) is 0.666. The lowest BCUT2D eigenvalue weighted by molar-refractivity contribution is -0.0528. The number of nitrogens with zero attached hydrogens (tertiary/aromatic N) is 5. The molecule has 0 N–H and O–H groups in total. The van der Waals surface area contributed by atoms with Gasteiger partial charge in [-0.3, -0.25) is 4.40 Å². The number of aryl methyl sites for hydroxylation is 2. The van der Waals surface area contributed by atoms with Crippen molar-refractivity contribution >= 4 is 5.52 Å². The van der Waals surface area contributed by atoms with Gasteiger partial charge in [0.15, 0.2) is 5.82 Å². The maximum absolute atomic E-state index is 13.0. The van der Waals surface area contributed by atoms with Crippen molar-refractivity contribution in [1.82, 2.24) is 24.1 Å². The van der Waals surface area contributed by atoms with Crippen LogP contribution in [0.2, 0.25) is 0 Å². The number of rotatable bonds is 4. The Hall–Kier alpha value is -3.62. The zero-order valence-corrected chi connectivity index (χ0v) is 15.0. The first kappa shape index (κ1) is 17.8. The van der Waals surface area contributed by atoms with Gasteiger partial charge >= 0.3 is 12.3 Å². The Labute approximate surface area is 157 Å². The third kappa shape index (κ3) is 2.90. The van der Waals surface area contributed by atoms with Crippen LogP contribution in [0.1, 0.15) is 11.3 Å². The van der Waals surface area contributed by atoms with Gasteiger partial charge < -0.3 is 4.74 Å². The summed E-state index contributed by atoms with van der Waals surface area (Å²) in [5, 5.41) is 4.23. The van der Waals surface area contributed by atoms with Gasteiger partial charge in [0.2, 0.25) is 5.88 Å². The van der Waals surface area contributed by atoms with Gasteiger partial charge in [-0.25, -0.2) is 14.8 Å². The maximum atomic E-state index is 13.0. The standard InChI is InChI=1S/C19H15F2N5O2/c1-11-14-10-24-26(15-5-3-4-7-22-15)19(27)25(14)12(2)17(11)13-6-8-23-16(9-13)28-18(20)21/h3-10,18H,1-2H3. The Morgan fingerprint density at radius 3 is 2.64 bits per heavy atom. The Morgan fingerprint density at radius 2 is 1.93 bits per heavy atom. The molecule has 0 aliphatic carbocycles. The minimum Gasteiger partial charge on any atom is -0.417 e. The number of hydrogen-bond donors (Lipinski definition) is 0. The van der Waals surface area contributed by atoms with Gasteiger partial charge in [0.1, 0.15) is 0 Å². The average Bonchev–Trinajstić information content (AvgIpc) is 2.93. The first-order chi connectivity index (χ1) is 13.5. The summed E-state index contributed by atoms with van der Waals surface area (Å²) in [6.07, 6.45) is 4.55. The highest BCUT2D eigenvalue weighted by Gasteiger charge is 2.19. The molecule has 0 saturated carbocycles. The van der Waals surface area contributed by atoms with Gasteiger partial charge in [-0.2, -0.15) is 18.6 Å². The van der Waals surface area contributed by atoms with Crippen molar-refractivity contribution in [2.45, 2.75) is 20.5 Å². The Balaban J connectivity index is 1.92. The molecule has 28 heavy (non-hydrogen) atoms. The van der Waals surface area contributed by atoms with Gasteiger partial charge in [-0.1, -0.05) is 6.07 Å². The first-order valence-corrected chi connectivity index (χ1v) is 8.40. The second kappa shape index (κ2) is 6.84. The molecule has 4 rings (SSSR count). The molecule has 0 radical (unpaired) electrons. The molecule has 7 nitrogen and oxygen atoms in total. The van der Waals surface area contributed by atoms with E-state index in [0.717, 1.165) is 11.1 Å². The average molecular weight is 383 g/mol. The molecule has 4 aromatic heterocycles. The summed E-state index contributed by atoms with van der Waals surface area (Å²) < 4.78 is 32.2. The van der Waals surface area contributed by atoms with Crippen LogP contribution < -0.4 is 10.4 Å². The molecule has 0 spiro atoms. The molecule has 142 valence electrons. The fourth-order valence-electron chi connectivity index (χ4n) is 3.30. The Kier molecular flexibility index (Phi) is 4.34. The highest BCUT2D eigenvalue weighted by Crippen LogP contribution is 2.32. The molecule has 4 heterocycles. The normalized spacial score (nSPS) is 11.3. The predicted octanol–water partition coefficient (Wildman–Crippen LogP) is 3.16. The summed E-state index contributed by atoms with van der Waals surface area (Å²) in [5.74, 6) is 0.212. The fourth-order valence-corrected chi connectivity index (χ4v) is 3.30. The fraction of sp³-hybridized carbons (Fsp3) is 0.158. The predicted molar refractivity (Wildman–Crippen MR) is 97.9 cm³/mol. The van der Waals surface area contributed by atoms with E-state index >= 15 is 0 Å². The molecule has 0 aliphatic rings. The van der Waals surface area contributed by atoms with Crippen LogP contribution >= 0.6 is 0 Å². The zero-order chi connectivity index (χ0) is 19.8. The monoisotopic (exact) mass is 383 g/mol. The quantitative estimate of drug-likeness (QED) is 0.541. The summed E-state index contributed by atoms with van der Waals surface area (Å²) in [5.41, 5.74) is 3.05. The number of hydrogen-bond acceptors (Lipinski definition) is 5. The minimum atomic E-state index is -2.96. The molecule has 0 aromatic carbocycles. The van der Waals surface area contributed by atoms with Crippen LogP contribution in [0.4, 0.5) is 8.78 Å². The number of aromatic nitrogens is 5. The van der Waals surface area contributed by atoms with Gasteiger partial charge in [-0.05, 0) is 43.2 Å². The number of fused-ring (bicyclic) bond motifs is 1. The van der Waals surface area contributed by atoms with Crippen LogP contribution in [0.25, 0.3) is 22.5 Å². The van der Waals surface area contributed by atoms with E-state index < -0.39 is 6.61 Å². The van der Waals surface area contributed by atoms with Gasteiger partial charge in [-0.15, -0.1) is 0 Å². The molecule has 0 amide bonds. The van der Waals surface area contributed by atoms with Crippen LogP contribution in [0, 0.1) is 13.8 Å². The summed E-state index contributed by atoms with van der Waals surface area (Å²) >= 11 is 0. The van der Waals surface area contributed by atoms with Gasteiger partial charge in [0, 0.05) is 29.7 Å². The number of halogens is 2. The van der Waals surface area contributed by atoms with Crippen LogP contribution in [-0.2, 0) is 0 Å². The van der Waals surface area contributed by atoms with E-state index in [1.807, 2.05) is 6.92 Å². The lowest BCUT2D eigenvalue weighted by atomic mass is 10.0. The molecular formula is C19H15F2N5O2. The first-order valence-electron chi connectivity index (χ1n) is 8.40. The molecule has 4 aromatic rings.